The third kappa shape index (κ3) is 5.61. The van der Waals surface area contributed by atoms with Crippen LogP contribution >= 0.6 is 0 Å². The second-order valence-corrected chi connectivity index (χ2v) is 3.90. The number of phenols is 1. The molecule has 0 aliphatic heterocycles. The summed E-state index contributed by atoms with van der Waals surface area (Å²) in [5.74, 6) is 1.39. The van der Waals surface area contributed by atoms with Crippen LogP contribution in [0.2, 0.25) is 0 Å². The van der Waals surface area contributed by atoms with Gasteiger partial charge >= 0.3 is 0 Å². The predicted molar refractivity (Wildman–Crippen MR) is 70.9 cm³/mol. The molecule has 1 rings (SSSR count). The van der Waals surface area contributed by atoms with E-state index in [9.17, 15) is 5.11 Å². The number of amidine groups is 1. The summed E-state index contributed by atoms with van der Waals surface area (Å²) in [7, 11) is 0. The second kappa shape index (κ2) is 6.58. The van der Waals surface area contributed by atoms with Gasteiger partial charge in [0.25, 0.3) is 0 Å². The van der Waals surface area contributed by atoms with Crippen molar-refractivity contribution in [3.8, 4) is 5.75 Å². The van der Waals surface area contributed by atoms with Crippen LogP contribution < -0.4 is 11.1 Å². The molecule has 4 nitrogen and oxygen atoms in total. The second-order valence-electron chi connectivity index (χ2n) is 3.90. The summed E-state index contributed by atoms with van der Waals surface area (Å²) in [4.78, 5) is 3.98. The predicted octanol–water partition coefficient (Wildman–Crippen LogP) is 1.76. The van der Waals surface area contributed by atoms with Crippen LogP contribution in [0, 0.1) is 0 Å². The van der Waals surface area contributed by atoms with E-state index in [2.05, 4.69) is 16.9 Å². The average molecular weight is 233 g/mol. The van der Waals surface area contributed by atoms with E-state index in [1.54, 1.807) is 19.1 Å². The van der Waals surface area contributed by atoms with Gasteiger partial charge in [-0.3, -0.25) is 0 Å². The molecule has 0 spiro atoms. The van der Waals surface area contributed by atoms with Gasteiger partial charge in [-0.05, 0) is 37.5 Å². The normalized spacial score (nSPS) is 11.2. The number of aliphatic imine (C=N–C) groups is 1. The minimum Gasteiger partial charge on any atom is -0.508 e. The highest BCUT2D eigenvalue weighted by Crippen LogP contribution is 2.12. The van der Waals surface area contributed by atoms with Crippen molar-refractivity contribution in [1.29, 1.82) is 0 Å². The summed E-state index contributed by atoms with van der Waals surface area (Å²) in [6.07, 6.45) is 1.85. The number of hydrogen-bond donors (Lipinski definition) is 3. The first kappa shape index (κ1) is 13.1. The maximum Gasteiger partial charge on any atom is 0.120 e. The van der Waals surface area contributed by atoms with Crippen LogP contribution in [0.5, 0.6) is 5.75 Å². The third-order valence-electron chi connectivity index (χ3n) is 2.19. The van der Waals surface area contributed by atoms with Gasteiger partial charge in [0.2, 0.25) is 0 Å². The molecule has 1 aromatic carbocycles. The zero-order chi connectivity index (χ0) is 12.7. The SMILES string of the molecule is C=C(/N=C(\C)N)NCCCc1cccc(O)c1. The minimum absolute atomic E-state index is 0.309. The van der Waals surface area contributed by atoms with Crippen molar-refractivity contribution in [2.24, 2.45) is 10.7 Å². The van der Waals surface area contributed by atoms with Crippen LogP contribution in [0.1, 0.15) is 18.9 Å². The van der Waals surface area contributed by atoms with E-state index in [0.717, 1.165) is 24.9 Å². The maximum atomic E-state index is 9.30. The van der Waals surface area contributed by atoms with Crippen molar-refractivity contribution in [3.63, 3.8) is 0 Å². The first-order chi connectivity index (χ1) is 8.08. The van der Waals surface area contributed by atoms with Gasteiger partial charge < -0.3 is 16.2 Å². The molecule has 0 heterocycles. The Hall–Kier alpha value is -1.97. The Kier molecular flexibility index (Phi) is 5.07. The van der Waals surface area contributed by atoms with E-state index in [4.69, 9.17) is 5.73 Å². The summed E-state index contributed by atoms with van der Waals surface area (Å²) in [6.45, 7) is 6.24. The van der Waals surface area contributed by atoms with E-state index >= 15 is 0 Å². The van der Waals surface area contributed by atoms with Crippen molar-refractivity contribution in [1.82, 2.24) is 5.32 Å². The third-order valence-corrected chi connectivity index (χ3v) is 2.19. The van der Waals surface area contributed by atoms with Gasteiger partial charge in [-0.2, -0.15) is 0 Å². The quantitative estimate of drug-likeness (QED) is 0.398. The lowest BCUT2D eigenvalue weighted by Gasteiger charge is -2.06. The Morgan fingerprint density at radius 2 is 2.29 bits per heavy atom. The van der Waals surface area contributed by atoms with E-state index in [1.807, 2.05) is 12.1 Å². The monoisotopic (exact) mass is 233 g/mol. The molecule has 4 heteroatoms. The molecule has 0 saturated heterocycles. The fourth-order valence-corrected chi connectivity index (χ4v) is 1.49. The molecule has 4 N–H and O–H groups in total. The number of aromatic hydroxyl groups is 1. The first-order valence-corrected chi connectivity index (χ1v) is 5.59. The number of nitrogens with one attached hydrogen (secondary N) is 1. The Labute approximate surface area is 102 Å². The van der Waals surface area contributed by atoms with E-state index < -0.39 is 0 Å². The van der Waals surface area contributed by atoms with Crippen LogP contribution in [0.3, 0.4) is 0 Å². The molecule has 0 aromatic heterocycles. The number of benzene rings is 1. The van der Waals surface area contributed by atoms with Gasteiger partial charge in [0, 0.05) is 6.54 Å². The Morgan fingerprint density at radius 3 is 2.94 bits per heavy atom. The van der Waals surface area contributed by atoms with Crippen molar-refractivity contribution in [2.75, 3.05) is 6.54 Å². The summed E-state index contributed by atoms with van der Waals surface area (Å²) < 4.78 is 0. The lowest BCUT2D eigenvalue weighted by molar-refractivity contribution is 0.474. The molecule has 0 saturated carbocycles. The van der Waals surface area contributed by atoms with Crippen LogP contribution in [0.15, 0.2) is 41.7 Å². The summed E-state index contributed by atoms with van der Waals surface area (Å²) in [6, 6.07) is 7.29. The number of nitrogens with zero attached hydrogens (tertiary/aromatic N) is 1. The molecule has 92 valence electrons. The number of rotatable bonds is 6. The molecule has 0 aliphatic rings. The molecule has 0 bridgehead atoms. The average Bonchev–Trinajstić information content (AvgIpc) is 2.23. The minimum atomic E-state index is 0.309. The largest absolute Gasteiger partial charge is 0.508 e. The van der Waals surface area contributed by atoms with E-state index in [1.165, 1.54) is 0 Å². The summed E-state index contributed by atoms with van der Waals surface area (Å²) >= 11 is 0. The van der Waals surface area contributed by atoms with Crippen molar-refractivity contribution >= 4 is 5.84 Å². The topological polar surface area (TPSA) is 70.6 Å². The van der Waals surface area contributed by atoms with Crippen LogP contribution in [0.4, 0.5) is 0 Å². The molecule has 0 unspecified atom stereocenters. The molecule has 0 aliphatic carbocycles. The Morgan fingerprint density at radius 1 is 1.53 bits per heavy atom. The van der Waals surface area contributed by atoms with Crippen molar-refractivity contribution in [2.45, 2.75) is 19.8 Å². The molecule has 0 amide bonds. The number of hydrogen-bond acceptors (Lipinski definition) is 3. The van der Waals surface area contributed by atoms with Gasteiger partial charge in [0.05, 0.1) is 5.84 Å². The molecule has 17 heavy (non-hydrogen) atoms. The highest BCUT2D eigenvalue weighted by Gasteiger charge is 1.95. The summed E-state index contributed by atoms with van der Waals surface area (Å²) in [5.41, 5.74) is 6.55. The Balaban J connectivity index is 2.25. The van der Waals surface area contributed by atoms with Crippen molar-refractivity contribution in [3.05, 3.63) is 42.2 Å². The van der Waals surface area contributed by atoms with Gasteiger partial charge in [-0.25, -0.2) is 4.99 Å². The molecular weight excluding hydrogens is 214 g/mol. The van der Waals surface area contributed by atoms with Crippen LogP contribution in [0.25, 0.3) is 0 Å². The number of nitrogens with two attached hydrogens (primary N) is 1. The first-order valence-electron chi connectivity index (χ1n) is 5.59. The maximum absolute atomic E-state index is 9.30. The van der Waals surface area contributed by atoms with Gasteiger partial charge in [0.1, 0.15) is 11.6 Å². The van der Waals surface area contributed by atoms with Gasteiger partial charge in [-0.15, -0.1) is 0 Å². The van der Waals surface area contributed by atoms with Crippen molar-refractivity contribution < 1.29 is 5.11 Å². The number of aryl methyl sites for hydroxylation is 1. The Bertz CT molecular complexity index is 409. The van der Waals surface area contributed by atoms with Gasteiger partial charge in [0.15, 0.2) is 0 Å². The lowest BCUT2D eigenvalue weighted by atomic mass is 10.1. The van der Waals surface area contributed by atoms with Crippen LogP contribution in [-0.4, -0.2) is 17.5 Å². The fraction of sp³-hybridized carbons (Fsp3) is 0.308. The standard InChI is InChI=1S/C13H19N3O/c1-10(14)16-11(2)15-8-4-6-12-5-3-7-13(17)9-12/h3,5,7,9,15,17H,2,4,6,8H2,1H3,(H2,14,16). The highest BCUT2D eigenvalue weighted by molar-refractivity contribution is 5.78. The fourth-order valence-electron chi connectivity index (χ4n) is 1.49. The van der Waals surface area contributed by atoms with Crippen LogP contribution in [-0.2, 0) is 6.42 Å². The lowest BCUT2D eigenvalue weighted by Crippen LogP contribution is -2.16. The summed E-state index contributed by atoms with van der Waals surface area (Å²) in [5, 5.41) is 12.4. The molecule has 0 atom stereocenters. The zero-order valence-corrected chi connectivity index (χ0v) is 10.1. The van der Waals surface area contributed by atoms with E-state index in [0.29, 0.717) is 17.4 Å². The molecule has 1 aromatic rings. The zero-order valence-electron chi connectivity index (χ0n) is 10.1. The molecule has 0 radical (unpaired) electrons. The highest BCUT2D eigenvalue weighted by atomic mass is 16.3. The molecule has 0 fully saturated rings. The van der Waals surface area contributed by atoms with Gasteiger partial charge in [-0.1, -0.05) is 18.7 Å². The van der Waals surface area contributed by atoms with E-state index in [-0.39, 0.29) is 0 Å². The molecular formula is C13H19N3O. The smallest absolute Gasteiger partial charge is 0.120 e. The number of phenolic OH excluding ortho intramolecular Hbond substituents is 1.